The molecule has 0 bridgehead atoms. The van der Waals surface area contributed by atoms with Crippen LogP contribution in [0.4, 0.5) is 15.9 Å². The van der Waals surface area contributed by atoms with Gasteiger partial charge in [-0.2, -0.15) is 0 Å². The quantitative estimate of drug-likeness (QED) is 0.581. The van der Waals surface area contributed by atoms with Crippen molar-refractivity contribution in [3.63, 3.8) is 0 Å². The van der Waals surface area contributed by atoms with Crippen LogP contribution < -0.4 is 24.8 Å². The first-order valence-electron chi connectivity index (χ1n) is 9.10. The summed E-state index contributed by atoms with van der Waals surface area (Å²) in [5.74, 6) is 1.09. The van der Waals surface area contributed by atoms with E-state index in [0.29, 0.717) is 46.4 Å². The molecule has 7 nitrogen and oxygen atoms in total. The van der Waals surface area contributed by atoms with Crippen molar-refractivity contribution < 1.29 is 23.4 Å². The SMILES string of the molecule is COc1cc(C(=O)Nc2ccc(NCc3ccccc3F)nc2)cc(OC)c1OC. The molecule has 3 aromatic rings. The summed E-state index contributed by atoms with van der Waals surface area (Å²) < 4.78 is 29.5. The Kier molecular flexibility index (Phi) is 6.69. The molecular weight excluding hydrogens is 389 g/mol. The maximum absolute atomic E-state index is 13.7. The van der Waals surface area contributed by atoms with Crippen LogP contribution in [0.25, 0.3) is 0 Å². The minimum absolute atomic E-state index is 0.278. The van der Waals surface area contributed by atoms with E-state index in [0.717, 1.165) is 0 Å². The van der Waals surface area contributed by atoms with E-state index in [1.807, 2.05) is 0 Å². The molecule has 0 aliphatic heterocycles. The molecule has 0 spiro atoms. The maximum atomic E-state index is 13.7. The van der Waals surface area contributed by atoms with Gasteiger partial charge >= 0.3 is 0 Å². The molecule has 0 radical (unpaired) electrons. The number of carbonyl (C=O) groups is 1. The Hall–Kier alpha value is -3.81. The minimum atomic E-state index is -0.358. The molecule has 0 unspecified atom stereocenters. The van der Waals surface area contributed by atoms with Crippen LogP contribution >= 0.6 is 0 Å². The number of hydrogen-bond acceptors (Lipinski definition) is 6. The average molecular weight is 411 g/mol. The number of methoxy groups -OCH3 is 3. The Morgan fingerprint density at radius 1 is 1.00 bits per heavy atom. The largest absolute Gasteiger partial charge is 0.493 e. The van der Waals surface area contributed by atoms with Gasteiger partial charge in [0.2, 0.25) is 5.75 Å². The number of ether oxygens (including phenoxy) is 3. The molecule has 0 saturated heterocycles. The van der Waals surface area contributed by atoms with Crippen LogP contribution in [0, 0.1) is 5.82 Å². The normalized spacial score (nSPS) is 10.3. The Morgan fingerprint density at radius 3 is 2.27 bits per heavy atom. The Bertz CT molecular complexity index is 1000. The first-order chi connectivity index (χ1) is 14.5. The van der Waals surface area contributed by atoms with Gasteiger partial charge in [0.05, 0.1) is 33.2 Å². The van der Waals surface area contributed by atoms with Crippen LogP contribution in [0.5, 0.6) is 17.2 Å². The first-order valence-corrected chi connectivity index (χ1v) is 9.10. The predicted octanol–water partition coefficient (Wildman–Crippen LogP) is 4.11. The van der Waals surface area contributed by atoms with Crippen LogP contribution in [-0.4, -0.2) is 32.2 Å². The van der Waals surface area contributed by atoms with Crippen LogP contribution in [0.3, 0.4) is 0 Å². The van der Waals surface area contributed by atoms with Crippen molar-refractivity contribution in [2.24, 2.45) is 0 Å². The number of hydrogen-bond donors (Lipinski definition) is 2. The molecule has 30 heavy (non-hydrogen) atoms. The summed E-state index contributed by atoms with van der Waals surface area (Å²) in [6, 6.07) is 13.1. The van der Waals surface area contributed by atoms with Gasteiger partial charge in [-0.1, -0.05) is 18.2 Å². The van der Waals surface area contributed by atoms with Gasteiger partial charge in [-0.3, -0.25) is 4.79 Å². The molecule has 156 valence electrons. The van der Waals surface area contributed by atoms with E-state index in [1.54, 1.807) is 42.5 Å². The second-order valence-electron chi connectivity index (χ2n) is 6.25. The zero-order valence-corrected chi connectivity index (χ0v) is 16.9. The van der Waals surface area contributed by atoms with Crippen LogP contribution in [-0.2, 0) is 6.54 Å². The van der Waals surface area contributed by atoms with E-state index in [1.165, 1.54) is 33.6 Å². The summed E-state index contributed by atoms with van der Waals surface area (Å²) in [6.45, 7) is 0.302. The molecular formula is C22H22FN3O4. The van der Waals surface area contributed by atoms with Crippen molar-refractivity contribution in [1.82, 2.24) is 4.98 Å². The lowest BCUT2D eigenvalue weighted by Gasteiger charge is -2.14. The summed E-state index contributed by atoms with van der Waals surface area (Å²) >= 11 is 0. The molecule has 2 aromatic carbocycles. The molecule has 1 aromatic heterocycles. The number of anilines is 2. The Balaban J connectivity index is 1.68. The lowest BCUT2D eigenvalue weighted by molar-refractivity contribution is 0.102. The van der Waals surface area contributed by atoms with E-state index < -0.39 is 0 Å². The van der Waals surface area contributed by atoms with Gasteiger partial charge < -0.3 is 24.8 Å². The number of benzene rings is 2. The highest BCUT2D eigenvalue weighted by Crippen LogP contribution is 2.38. The van der Waals surface area contributed by atoms with Crippen molar-refractivity contribution >= 4 is 17.4 Å². The minimum Gasteiger partial charge on any atom is -0.493 e. The Morgan fingerprint density at radius 2 is 1.70 bits per heavy atom. The number of aromatic nitrogens is 1. The number of halogens is 1. The van der Waals surface area contributed by atoms with E-state index in [4.69, 9.17) is 14.2 Å². The number of pyridine rings is 1. The number of carbonyl (C=O) groups excluding carboxylic acids is 1. The zero-order chi connectivity index (χ0) is 21.5. The second-order valence-corrected chi connectivity index (χ2v) is 6.25. The first kappa shape index (κ1) is 20.9. The molecule has 3 rings (SSSR count). The third-order valence-electron chi connectivity index (χ3n) is 4.37. The van der Waals surface area contributed by atoms with Gasteiger partial charge in [0.1, 0.15) is 11.6 Å². The molecule has 0 fully saturated rings. The van der Waals surface area contributed by atoms with Gasteiger partial charge in [-0.25, -0.2) is 9.37 Å². The van der Waals surface area contributed by atoms with Crippen LogP contribution in [0.2, 0.25) is 0 Å². The monoisotopic (exact) mass is 411 g/mol. The van der Waals surface area contributed by atoms with E-state index in [-0.39, 0.29) is 11.7 Å². The summed E-state index contributed by atoms with van der Waals surface area (Å²) in [5, 5.41) is 5.81. The lowest BCUT2D eigenvalue weighted by atomic mass is 10.1. The molecule has 0 atom stereocenters. The zero-order valence-electron chi connectivity index (χ0n) is 16.9. The van der Waals surface area contributed by atoms with Crippen molar-refractivity contribution in [3.8, 4) is 17.2 Å². The number of rotatable bonds is 8. The van der Waals surface area contributed by atoms with Crippen molar-refractivity contribution in [2.45, 2.75) is 6.54 Å². The highest BCUT2D eigenvalue weighted by atomic mass is 19.1. The highest BCUT2D eigenvalue weighted by molar-refractivity contribution is 6.05. The fraction of sp³-hybridized carbons (Fsp3) is 0.182. The van der Waals surface area contributed by atoms with Crippen molar-refractivity contribution in [3.05, 3.63) is 71.7 Å². The molecule has 0 aliphatic carbocycles. The highest BCUT2D eigenvalue weighted by Gasteiger charge is 2.17. The maximum Gasteiger partial charge on any atom is 0.255 e. The number of nitrogens with one attached hydrogen (secondary N) is 2. The van der Waals surface area contributed by atoms with E-state index >= 15 is 0 Å². The van der Waals surface area contributed by atoms with Gasteiger partial charge in [-0.05, 0) is 30.3 Å². The van der Waals surface area contributed by atoms with Gasteiger partial charge in [0.15, 0.2) is 11.5 Å². The van der Waals surface area contributed by atoms with E-state index in [2.05, 4.69) is 15.6 Å². The summed E-state index contributed by atoms with van der Waals surface area (Å²) in [6.07, 6.45) is 1.51. The van der Waals surface area contributed by atoms with E-state index in [9.17, 15) is 9.18 Å². The molecule has 2 N–H and O–H groups in total. The summed E-state index contributed by atoms with van der Waals surface area (Å²) in [4.78, 5) is 16.9. The van der Waals surface area contributed by atoms with Gasteiger partial charge in [0.25, 0.3) is 5.91 Å². The third-order valence-corrected chi connectivity index (χ3v) is 4.37. The lowest BCUT2D eigenvalue weighted by Crippen LogP contribution is -2.13. The van der Waals surface area contributed by atoms with Crippen LogP contribution in [0.15, 0.2) is 54.7 Å². The molecule has 8 heteroatoms. The van der Waals surface area contributed by atoms with Crippen molar-refractivity contribution in [1.29, 1.82) is 0 Å². The predicted molar refractivity (Wildman–Crippen MR) is 112 cm³/mol. The second kappa shape index (κ2) is 9.60. The summed E-state index contributed by atoms with van der Waals surface area (Å²) in [7, 11) is 4.46. The number of nitrogens with zero attached hydrogens (tertiary/aromatic N) is 1. The van der Waals surface area contributed by atoms with Crippen molar-refractivity contribution in [2.75, 3.05) is 32.0 Å². The Labute approximate surface area is 173 Å². The topological polar surface area (TPSA) is 81.7 Å². The fourth-order valence-electron chi connectivity index (χ4n) is 2.82. The van der Waals surface area contributed by atoms with Gasteiger partial charge in [-0.15, -0.1) is 0 Å². The average Bonchev–Trinajstić information content (AvgIpc) is 2.78. The van der Waals surface area contributed by atoms with Crippen LogP contribution in [0.1, 0.15) is 15.9 Å². The third kappa shape index (κ3) is 4.78. The molecule has 0 saturated carbocycles. The summed E-state index contributed by atoms with van der Waals surface area (Å²) in [5.41, 5.74) is 1.38. The smallest absolute Gasteiger partial charge is 0.255 e. The number of amides is 1. The molecule has 1 amide bonds. The standard InChI is InChI=1S/C22H22FN3O4/c1-28-18-10-15(11-19(29-2)21(18)30-3)22(27)26-16-8-9-20(25-13-16)24-12-14-6-4-5-7-17(14)23/h4-11,13H,12H2,1-3H3,(H,24,25)(H,26,27). The van der Waals surface area contributed by atoms with Gasteiger partial charge in [0, 0.05) is 17.7 Å². The molecule has 0 aliphatic rings. The fourth-order valence-corrected chi connectivity index (χ4v) is 2.82. The molecule has 1 heterocycles.